The Balaban J connectivity index is 0.000000258. The van der Waals surface area contributed by atoms with Crippen molar-refractivity contribution in [2.75, 3.05) is 0 Å². The molecule has 6 aromatic rings. The molecule has 2 heterocycles. The van der Waals surface area contributed by atoms with E-state index in [2.05, 4.69) is 88.4 Å². The average Bonchev–Trinajstić information content (AvgIpc) is 3.35. The van der Waals surface area contributed by atoms with Gasteiger partial charge in [-0.2, -0.15) is 0 Å². The number of para-hydroxylation sites is 2. The number of pyridine rings is 1. The molecule has 0 spiro atoms. The van der Waals surface area contributed by atoms with Gasteiger partial charge in [-0.15, -0.1) is 23.8 Å². The normalized spacial score (nSPS) is 12.7. The van der Waals surface area contributed by atoms with Crippen molar-refractivity contribution in [3.8, 4) is 16.9 Å². The fourth-order valence-corrected chi connectivity index (χ4v) is 5.35. The third-order valence-corrected chi connectivity index (χ3v) is 7.99. The number of aliphatic hydroxyl groups excluding tert-OH is 2. The Bertz CT molecular complexity index is 1780. The van der Waals surface area contributed by atoms with Crippen LogP contribution in [0.1, 0.15) is 44.7 Å². The molecule has 0 saturated carbocycles. The molecular formula is C39H40FN2O2Pt-. The van der Waals surface area contributed by atoms with E-state index < -0.39 is 12.2 Å². The van der Waals surface area contributed by atoms with E-state index in [0.29, 0.717) is 24.1 Å². The van der Waals surface area contributed by atoms with Crippen LogP contribution in [0.5, 0.6) is 0 Å². The van der Waals surface area contributed by atoms with Gasteiger partial charge in [-0.05, 0) is 66.3 Å². The fourth-order valence-electron chi connectivity index (χ4n) is 5.35. The Morgan fingerprint density at radius 1 is 0.844 bits per heavy atom. The molecule has 0 aliphatic rings. The summed E-state index contributed by atoms with van der Waals surface area (Å²) in [5, 5.41) is 23.1. The first-order chi connectivity index (χ1) is 21.1. The van der Waals surface area contributed by atoms with Crippen molar-refractivity contribution >= 4 is 21.8 Å². The van der Waals surface area contributed by atoms with Crippen LogP contribution >= 0.6 is 0 Å². The monoisotopic (exact) mass is 782 g/mol. The van der Waals surface area contributed by atoms with Gasteiger partial charge in [0.2, 0.25) is 0 Å². The number of aliphatic hydroxyl groups is 2. The van der Waals surface area contributed by atoms with Crippen molar-refractivity contribution < 1.29 is 35.7 Å². The Morgan fingerprint density at radius 2 is 1.44 bits per heavy atom. The molecule has 6 heteroatoms. The Kier molecular flexibility index (Phi) is 11.5. The molecule has 2 aromatic heterocycles. The van der Waals surface area contributed by atoms with Gasteiger partial charge in [0.05, 0.1) is 23.2 Å². The number of aromatic nitrogens is 2. The summed E-state index contributed by atoms with van der Waals surface area (Å²) in [6.45, 7) is 7.83. The van der Waals surface area contributed by atoms with Gasteiger partial charge in [0.25, 0.3) is 0 Å². The standard InChI is InChI=1S/C27H31NO2.C12H9FN.Pt/c1-27(2,3)26(30)18-21(29)17-14-19-12-15-20(16-13-19)28-24-10-6-4-8-22(24)23-9-5-7-11-25(23)28;1-9-5-6-10(11(13)8-9)12-4-2-3-7-14-12;/h4-13,15-16,21,26,29-30H,14,17-18H2,1-3H3;2-5,7-8H,1H3;/q;-1;. The molecule has 0 saturated heterocycles. The smallest absolute Gasteiger partial charge is 0.0613 e. The summed E-state index contributed by atoms with van der Waals surface area (Å²) in [6, 6.07) is 37.2. The van der Waals surface area contributed by atoms with Crippen LogP contribution in [0.2, 0.25) is 0 Å². The van der Waals surface area contributed by atoms with Crippen molar-refractivity contribution in [3.63, 3.8) is 0 Å². The zero-order valence-electron chi connectivity index (χ0n) is 26.2. The molecule has 0 fully saturated rings. The molecule has 0 aliphatic heterocycles. The Hall–Kier alpha value is -3.63. The molecule has 0 bridgehead atoms. The summed E-state index contributed by atoms with van der Waals surface area (Å²) < 4.78 is 15.8. The minimum Gasteiger partial charge on any atom is -0.393 e. The second-order valence-electron chi connectivity index (χ2n) is 12.5. The maximum atomic E-state index is 13.5. The predicted molar refractivity (Wildman–Crippen MR) is 178 cm³/mol. The van der Waals surface area contributed by atoms with Crippen LogP contribution in [0.3, 0.4) is 0 Å². The van der Waals surface area contributed by atoms with E-state index in [4.69, 9.17) is 0 Å². The third-order valence-electron chi connectivity index (χ3n) is 7.99. The zero-order chi connectivity index (χ0) is 31.3. The van der Waals surface area contributed by atoms with E-state index >= 15 is 0 Å². The molecule has 0 amide bonds. The number of aryl methyl sites for hydroxylation is 2. The van der Waals surface area contributed by atoms with Gasteiger partial charge in [0.15, 0.2) is 0 Å². The Morgan fingerprint density at radius 3 is 2.00 bits per heavy atom. The zero-order valence-corrected chi connectivity index (χ0v) is 28.4. The molecular weight excluding hydrogens is 743 g/mol. The van der Waals surface area contributed by atoms with Gasteiger partial charge in [-0.25, -0.2) is 0 Å². The maximum Gasteiger partial charge on any atom is 0.0613 e. The number of hydrogen-bond donors (Lipinski definition) is 2. The van der Waals surface area contributed by atoms with Crippen LogP contribution < -0.4 is 0 Å². The second kappa shape index (κ2) is 15.1. The molecule has 0 radical (unpaired) electrons. The van der Waals surface area contributed by atoms with Crippen molar-refractivity contribution in [1.82, 2.24) is 9.55 Å². The molecule has 0 aliphatic carbocycles. The van der Waals surface area contributed by atoms with Crippen LogP contribution in [0, 0.1) is 24.2 Å². The van der Waals surface area contributed by atoms with E-state index in [9.17, 15) is 14.6 Å². The van der Waals surface area contributed by atoms with E-state index in [1.54, 1.807) is 24.4 Å². The number of hydrogen-bond acceptors (Lipinski definition) is 3. The van der Waals surface area contributed by atoms with Crippen molar-refractivity contribution in [2.45, 2.75) is 59.2 Å². The number of rotatable bonds is 7. The summed E-state index contributed by atoms with van der Waals surface area (Å²) in [4.78, 5) is 4.07. The summed E-state index contributed by atoms with van der Waals surface area (Å²) in [6.07, 6.45) is 2.53. The molecule has 236 valence electrons. The van der Waals surface area contributed by atoms with Gasteiger partial charge in [0.1, 0.15) is 0 Å². The number of fused-ring (bicyclic) bond motifs is 3. The van der Waals surface area contributed by atoms with Crippen molar-refractivity contribution in [2.24, 2.45) is 5.41 Å². The van der Waals surface area contributed by atoms with Crippen LogP contribution in [0.4, 0.5) is 4.39 Å². The van der Waals surface area contributed by atoms with Gasteiger partial charge in [-0.3, -0.25) is 4.39 Å². The summed E-state index contributed by atoms with van der Waals surface area (Å²) >= 11 is 0. The summed E-state index contributed by atoms with van der Waals surface area (Å²) in [7, 11) is 0. The van der Waals surface area contributed by atoms with E-state index in [1.807, 2.05) is 33.8 Å². The molecule has 2 unspecified atom stereocenters. The van der Waals surface area contributed by atoms with Gasteiger partial charge in [-0.1, -0.05) is 93.9 Å². The van der Waals surface area contributed by atoms with Crippen LogP contribution in [-0.4, -0.2) is 32.0 Å². The summed E-state index contributed by atoms with van der Waals surface area (Å²) in [5.41, 5.74) is 6.45. The molecule has 45 heavy (non-hydrogen) atoms. The average molecular weight is 783 g/mol. The topological polar surface area (TPSA) is 58.3 Å². The largest absolute Gasteiger partial charge is 0.393 e. The third kappa shape index (κ3) is 8.35. The molecule has 6 rings (SSSR count). The molecule has 2 atom stereocenters. The number of nitrogens with zero attached hydrogens (tertiary/aromatic N) is 2. The second-order valence-corrected chi connectivity index (χ2v) is 12.5. The van der Waals surface area contributed by atoms with Crippen molar-refractivity contribution in [1.29, 1.82) is 0 Å². The SMILES string of the molecule is CC(C)(C)C(O)CC(O)CCc1ccc(-n2c3ccccc3c3ccccc32)cc1.Cc1c[c-]c(-c2ccccn2)c(F)c1.[Pt]. The first-order valence-corrected chi connectivity index (χ1v) is 15.1. The summed E-state index contributed by atoms with van der Waals surface area (Å²) in [5.74, 6) is -0.274. The predicted octanol–water partition coefficient (Wildman–Crippen LogP) is 8.87. The van der Waals surface area contributed by atoms with Crippen LogP contribution in [-0.2, 0) is 27.5 Å². The fraction of sp³-hybridized carbons (Fsp3) is 0.256. The molecule has 2 N–H and O–H groups in total. The van der Waals surface area contributed by atoms with Crippen LogP contribution in [0.25, 0.3) is 38.8 Å². The van der Waals surface area contributed by atoms with E-state index in [1.165, 1.54) is 33.4 Å². The first-order valence-electron chi connectivity index (χ1n) is 15.1. The minimum atomic E-state index is -0.495. The molecule has 4 aromatic carbocycles. The number of benzene rings is 4. The first kappa shape index (κ1) is 34.2. The maximum absolute atomic E-state index is 13.5. The van der Waals surface area contributed by atoms with Gasteiger partial charge in [0, 0.05) is 49.5 Å². The van der Waals surface area contributed by atoms with E-state index in [-0.39, 0.29) is 32.3 Å². The molecule has 4 nitrogen and oxygen atoms in total. The minimum absolute atomic E-state index is 0. The quantitative estimate of drug-likeness (QED) is 0.159. The Labute approximate surface area is 279 Å². The van der Waals surface area contributed by atoms with Crippen molar-refractivity contribution in [3.05, 3.63) is 132 Å². The van der Waals surface area contributed by atoms with Crippen LogP contribution in [0.15, 0.2) is 109 Å². The van der Waals surface area contributed by atoms with Gasteiger partial charge >= 0.3 is 0 Å². The van der Waals surface area contributed by atoms with Gasteiger partial charge < -0.3 is 19.8 Å². The van der Waals surface area contributed by atoms with E-state index in [0.717, 1.165) is 17.7 Å². The number of halogens is 1.